The van der Waals surface area contributed by atoms with Crippen LogP contribution >= 0.6 is 0 Å². The zero-order valence-electron chi connectivity index (χ0n) is 19.7. The number of H-pyrrole nitrogens is 1. The zero-order valence-corrected chi connectivity index (χ0v) is 19.7. The number of fused-ring (bicyclic) bond motifs is 1. The van der Waals surface area contributed by atoms with E-state index in [9.17, 15) is 19.2 Å². The number of hydrogen-bond donors (Lipinski definition) is 1. The Bertz CT molecular complexity index is 1550. The molecule has 1 N–H and O–H groups in total. The van der Waals surface area contributed by atoms with Gasteiger partial charge >= 0.3 is 11.9 Å². The van der Waals surface area contributed by atoms with Crippen molar-refractivity contribution < 1.29 is 23.9 Å². The number of carbonyl (C=O) groups is 3. The van der Waals surface area contributed by atoms with Crippen LogP contribution in [0, 0.1) is 0 Å². The first-order valence-electron chi connectivity index (χ1n) is 11.4. The number of ether oxygens (including phenoxy) is 2. The Hall–Kier alpha value is -5.05. The Balaban J connectivity index is 1.58. The second-order valence-corrected chi connectivity index (χ2v) is 8.27. The number of rotatable bonds is 5. The molecule has 1 aromatic heterocycles. The maximum atomic E-state index is 13.6. The first-order chi connectivity index (χ1) is 18.0. The van der Waals surface area contributed by atoms with E-state index in [1.54, 1.807) is 47.4 Å². The van der Waals surface area contributed by atoms with E-state index in [4.69, 9.17) is 9.47 Å². The molecular formula is C28H21N3O6. The number of benzene rings is 3. The molecule has 0 spiro atoms. The molecule has 1 aliphatic rings. The molecule has 1 amide bonds. The first kappa shape index (κ1) is 23.7. The number of para-hydroxylation sites is 1. The quantitative estimate of drug-likeness (QED) is 0.419. The third kappa shape index (κ3) is 4.50. The summed E-state index contributed by atoms with van der Waals surface area (Å²) in [5.41, 5.74) is 0.869. The highest BCUT2D eigenvalue weighted by Crippen LogP contribution is 2.40. The van der Waals surface area contributed by atoms with Crippen LogP contribution < -0.4 is 15.2 Å². The lowest BCUT2D eigenvalue weighted by molar-refractivity contribution is 0.0583. The van der Waals surface area contributed by atoms with Crippen molar-refractivity contribution in [3.8, 4) is 5.75 Å². The fourth-order valence-corrected chi connectivity index (χ4v) is 4.27. The van der Waals surface area contributed by atoms with Crippen molar-refractivity contribution in [3.05, 3.63) is 123 Å². The van der Waals surface area contributed by atoms with Gasteiger partial charge in [-0.1, -0.05) is 54.6 Å². The molecule has 5 rings (SSSR count). The fourth-order valence-electron chi connectivity index (χ4n) is 4.27. The molecule has 0 radical (unpaired) electrons. The van der Waals surface area contributed by atoms with Gasteiger partial charge in [0.25, 0.3) is 11.5 Å². The third-order valence-corrected chi connectivity index (χ3v) is 6.01. The summed E-state index contributed by atoms with van der Waals surface area (Å²) in [6.07, 6.45) is 0.349. The lowest BCUT2D eigenvalue weighted by atomic mass is 10.1. The van der Waals surface area contributed by atoms with Crippen LogP contribution in [-0.4, -0.2) is 34.9 Å². The van der Waals surface area contributed by atoms with Crippen LogP contribution in [0.2, 0.25) is 0 Å². The van der Waals surface area contributed by atoms with E-state index in [2.05, 4.69) is 9.97 Å². The minimum Gasteiger partial charge on any atom is -0.464 e. The molecule has 0 fully saturated rings. The van der Waals surface area contributed by atoms with Crippen molar-refractivity contribution in [1.29, 1.82) is 0 Å². The number of amides is 1. The second-order valence-electron chi connectivity index (χ2n) is 8.27. The topological polar surface area (TPSA) is 119 Å². The van der Waals surface area contributed by atoms with Gasteiger partial charge in [0.2, 0.25) is 5.75 Å². The Labute approximate surface area is 211 Å². The fraction of sp³-hybridized carbons (Fsp3) is 0.107. The molecule has 3 aromatic carbocycles. The van der Waals surface area contributed by atoms with Crippen molar-refractivity contribution >= 4 is 23.5 Å². The van der Waals surface area contributed by atoms with E-state index < -0.39 is 35.0 Å². The van der Waals surface area contributed by atoms with Gasteiger partial charge < -0.3 is 14.5 Å². The first-order valence-corrected chi connectivity index (χ1v) is 11.4. The average Bonchev–Trinajstić information content (AvgIpc) is 3.33. The summed E-state index contributed by atoms with van der Waals surface area (Å²) in [5.74, 6) is -2.61. The molecule has 4 aromatic rings. The number of aromatic amines is 1. The van der Waals surface area contributed by atoms with Gasteiger partial charge in [-0.05, 0) is 35.9 Å². The molecule has 1 unspecified atom stereocenters. The van der Waals surface area contributed by atoms with Crippen LogP contribution in [0.1, 0.15) is 48.6 Å². The minimum absolute atomic E-state index is 0.0605. The zero-order chi connectivity index (χ0) is 25.9. The maximum Gasteiger partial charge on any atom is 0.360 e. The number of nitrogens with zero attached hydrogens (tertiary/aromatic N) is 2. The van der Waals surface area contributed by atoms with Crippen molar-refractivity contribution in [2.45, 2.75) is 12.5 Å². The molecule has 0 aliphatic carbocycles. The SMILES string of the molecule is COC(=O)c1nc(C2Cc3ccccc3N2C(=O)c2ccccc2)[nH]c(=O)c1OC(=O)c1ccccc1. The molecule has 0 bridgehead atoms. The van der Waals surface area contributed by atoms with Gasteiger partial charge in [-0.25, -0.2) is 14.6 Å². The number of esters is 2. The Morgan fingerprint density at radius 1 is 0.865 bits per heavy atom. The highest BCUT2D eigenvalue weighted by molar-refractivity contribution is 6.07. The van der Waals surface area contributed by atoms with Crippen LogP contribution in [0.5, 0.6) is 5.75 Å². The van der Waals surface area contributed by atoms with Gasteiger partial charge in [0.05, 0.1) is 18.7 Å². The molecule has 9 heteroatoms. The standard InChI is InChI=1S/C28H21N3O6/c1-36-28(35)22-23(37-27(34)18-12-6-3-7-13-18)25(32)30-24(29-22)21-16-19-14-8-9-15-20(19)31(21)26(33)17-10-4-2-5-11-17/h2-15,21H,16H2,1H3,(H,29,30,32). The van der Waals surface area contributed by atoms with Gasteiger partial charge in [0.1, 0.15) is 5.82 Å². The predicted octanol–water partition coefficient (Wildman–Crippen LogP) is 3.72. The maximum absolute atomic E-state index is 13.6. The number of methoxy groups -OCH3 is 1. The van der Waals surface area contributed by atoms with Crippen molar-refractivity contribution in [3.63, 3.8) is 0 Å². The van der Waals surface area contributed by atoms with Gasteiger partial charge in [-0.15, -0.1) is 0 Å². The molecular weight excluding hydrogens is 474 g/mol. The van der Waals surface area contributed by atoms with E-state index in [1.807, 2.05) is 30.3 Å². The van der Waals surface area contributed by atoms with Gasteiger partial charge in [0.15, 0.2) is 5.69 Å². The summed E-state index contributed by atoms with van der Waals surface area (Å²) in [4.78, 5) is 60.4. The average molecular weight is 495 g/mol. The van der Waals surface area contributed by atoms with Crippen LogP contribution in [0.3, 0.4) is 0 Å². The molecule has 2 heterocycles. The Morgan fingerprint density at radius 2 is 1.49 bits per heavy atom. The van der Waals surface area contributed by atoms with E-state index in [0.29, 0.717) is 17.7 Å². The molecule has 1 aliphatic heterocycles. The number of carbonyl (C=O) groups excluding carboxylic acids is 3. The van der Waals surface area contributed by atoms with Gasteiger partial charge in [-0.2, -0.15) is 0 Å². The normalized spacial score (nSPS) is 14.1. The van der Waals surface area contributed by atoms with Crippen LogP contribution in [0.15, 0.2) is 89.7 Å². The summed E-state index contributed by atoms with van der Waals surface area (Å²) in [5, 5.41) is 0. The summed E-state index contributed by atoms with van der Waals surface area (Å²) in [6, 6.07) is 23.4. The highest BCUT2D eigenvalue weighted by atomic mass is 16.5. The van der Waals surface area contributed by atoms with Gasteiger partial charge in [-0.3, -0.25) is 14.5 Å². The molecule has 1 atom stereocenters. The van der Waals surface area contributed by atoms with E-state index in [1.165, 1.54) is 12.1 Å². The largest absolute Gasteiger partial charge is 0.464 e. The summed E-state index contributed by atoms with van der Waals surface area (Å²) in [6.45, 7) is 0. The lowest BCUT2D eigenvalue weighted by Gasteiger charge is -2.25. The van der Waals surface area contributed by atoms with E-state index in [0.717, 1.165) is 12.7 Å². The van der Waals surface area contributed by atoms with Gasteiger partial charge in [0, 0.05) is 17.7 Å². The number of hydrogen-bond acceptors (Lipinski definition) is 7. The predicted molar refractivity (Wildman–Crippen MR) is 134 cm³/mol. The van der Waals surface area contributed by atoms with Crippen LogP contribution in [-0.2, 0) is 11.2 Å². The number of nitrogens with one attached hydrogen (secondary N) is 1. The number of aromatic nitrogens is 2. The van der Waals surface area contributed by atoms with Crippen LogP contribution in [0.4, 0.5) is 5.69 Å². The smallest absolute Gasteiger partial charge is 0.360 e. The minimum atomic E-state index is -0.959. The Kier molecular flexibility index (Phi) is 6.34. The van der Waals surface area contributed by atoms with E-state index >= 15 is 0 Å². The summed E-state index contributed by atoms with van der Waals surface area (Å²) >= 11 is 0. The second kappa shape index (κ2) is 9.90. The van der Waals surface area contributed by atoms with Crippen molar-refractivity contribution in [2.24, 2.45) is 0 Å². The molecule has 0 saturated carbocycles. The van der Waals surface area contributed by atoms with Crippen molar-refractivity contribution in [2.75, 3.05) is 12.0 Å². The molecule has 9 nitrogen and oxygen atoms in total. The lowest BCUT2D eigenvalue weighted by Crippen LogP contribution is -2.35. The summed E-state index contributed by atoms with van der Waals surface area (Å²) < 4.78 is 10.1. The molecule has 0 saturated heterocycles. The monoisotopic (exact) mass is 495 g/mol. The third-order valence-electron chi connectivity index (χ3n) is 6.01. The molecule has 184 valence electrons. The highest BCUT2D eigenvalue weighted by Gasteiger charge is 2.38. The Morgan fingerprint density at radius 3 is 2.16 bits per heavy atom. The number of anilines is 1. The van der Waals surface area contributed by atoms with E-state index in [-0.39, 0.29) is 17.3 Å². The van der Waals surface area contributed by atoms with Crippen LogP contribution in [0.25, 0.3) is 0 Å². The summed E-state index contributed by atoms with van der Waals surface area (Å²) in [7, 11) is 1.13. The van der Waals surface area contributed by atoms with Crippen molar-refractivity contribution in [1.82, 2.24) is 9.97 Å². The molecule has 37 heavy (non-hydrogen) atoms.